The number of nitriles is 1. The minimum absolute atomic E-state index is 0.0829. The molecule has 0 aliphatic carbocycles. The molecule has 1 aromatic heterocycles. The highest BCUT2D eigenvalue weighted by Gasteiger charge is 2.16. The molecule has 0 amide bonds. The summed E-state index contributed by atoms with van der Waals surface area (Å²) in [6, 6.07) is 12.3. The molecule has 0 atom stereocenters. The summed E-state index contributed by atoms with van der Waals surface area (Å²) in [5.41, 5.74) is 0.848. The van der Waals surface area contributed by atoms with E-state index in [1.165, 1.54) is 11.1 Å². The average molecular weight is 255 g/mol. The van der Waals surface area contributed by atoms with Gasteiger partial charge in [0.1, 0.15) is 11.6 Å². The van der Waals surface area contributed by atoms with E-state index in [-0.39, 0.29) is 17.0 Å². The van der Waals surface area contributed by atoms with Gasteiger partial charge in [-0.25, -0.2) is 0 Å². The van der Waals surface area contributed by atoms with Crippen molar-refractivity contribution in [2.24, 2.45) is 0 Å². The summed E-state index contributed by atoms with van der Waals surface area (Å²) in [5.74, 6) is -0.348. The Hall–Kier alpha value is -2.74. The molecule has 2 rings (SSSR count). The lowest BCUT2D eigenvalue weighted by Gasteiger charge is -2.19. The highest BCUT2D eigenvalue weighted by molar-refractivity contribution is 5.72. The normalized spacial score (nSPS) is 9.95. The second kappa shape index (κ2) is 4.86. The summed E-state index contributed by atoms with van der Waals surface area (Å²) in [7, 11) is 3.23. The third-order valence-corrected chi connectivity index (χ3v) is 2.77. The Balaban J connectivity index is 2.79. The van der Waals surface area contributed by atoms with Crippen LogP contribution in [0.5, 0.6) is 5.88 Å². The quantitative estimate of drug-likeness (QED) is 0.878. The molecule has 96 valence electrons. The van der Waals surface area contributed by atoms with Crippen LogP contribution in [0.15, 0.2) is 41.2 Å². The van der Waals surface area contributed by atoms with Gasteiger partial charge in [0.2, 0.25) is 5.88 Å². The Labute approximate surface area is 110 Å². The fraction of sp³-hybridized carbons (Fsp3) is 0.143. The first kappa shape index (κ1) is 12.7. The zero-order valence-corrected chi connectivity index (χ0v) is 10.7. The monoisotopic (exact) mass is 255 g/mol. The largest absolute Gasteiger partial charge is 0.492 e. The van der Waals surface area contributed by atoms with Crippen molar-refractivity contribution in [2.45, 2.75) is 0 Å². The van der Waals surface area contributed by atoms with E-state index in [9.17, 15) is 15.2 Å². The van der Waals surface area contributed by atoms with Crippen LogP contribution < -0.4 is 10.6 Å². The van der Waals surface area contributed by atoms with Crippen molar-refractivity contribution in [1.29, 1.82) is 5.26 Å². The van der Waals surface area contributed by atoms with Gasteiger partial charge in [-0.2, -0.15) is 9.94 Å². The molecule has 5 heteroatoms. The molecule has 2 aromatic rings. The lowest BCUT2D eigenvalue weighted by molar-refractivity contribution is 0.408. The van der Waals surface area contributed by atoms with E-state index in [4.69, 9.17) is 0 Å². The molecule has 0 fully saturated rings. The van der Waals surface area contributed by atoms with E-state index < -0.39 is 0 Å². The van der Waals surface area contributed by atoms with Crippen molar-refractivity contribution in [2.75, 3.05) is 19.1 Å². The maximum atomic E-state index is 12.0. The molecule has 1 aromatic carbocycles. The molecular weight excluding hydrogens is 242 g/mol. The summed E-state index contributed by atoms with van der Waals surface area (Å²) in [6.07, 6.45) is 0. The third kappa shape index (κ3) is 2.16. The zero-order valence-electron chi connectivity index (χ0n) is 10.7. The highest BCUT2D eigenvalue weighted by Crippen LogP contribution is 2.27. The Morgan fingerprint density at radius 2 is 1.89 bits per heavy atom. The van der Waals surface area contributed by atoms with Crippen LogP contribution in [0.4, 0.5) is 0 Å². The van der Waals surface area contributed by atoms with Crippen molar-refractivity contribution >= 4 is 0 Å². The topological polar surface area (TPSA) is 69.3 Å². The van der Waals surface area contributed by atoms with Gasteiger partial charge in [0.15, 0.2) is 0 Å². The maximum absolute atomic E-state index is 12.0. The van der Waals surface area contributed by atoms with Crippen molar-refractivity contribution in [3.8, 4) is 23.1 Å². The highest BCUT2D eigenvalue weighted by atomic mass is 16.3. The molecule has 1 heterocycles. The van der Waals surface area contributed by atoms with Gasteiger partial charge in [-0.1, -0.05) is 30.3 Å². The van der Waals surface area contributed by atoms with Gasteiger partial charge in [-0.15, -0.1) is 0 Å². The minimum atomic E-state index is -0.389. The van der Waals surface area contributed by atoms with Crippen LogP contribution in [-0.2, 0) is 0 Å². The summed E-state index contributed by atoms with van der Waals surface area (Å²) in [6.45, 7) is 0. The molecule has 19 heavy (non-hydrogen) atoms. The molecule has 0 aliphatic heterocycles. The lowest BCUT2D eigenvalue weighted by atomic mass is 10.0. The standard InChI is InChI=1S/C14H13N3O2/c1-16(2)17-13(18)8-11(12(9-15)14(17)19)10-6-4-3-5-7-10/h3-8,19H,1-2H3. The fourth-order valence-electron chi connectivity index (χ4n) is 1.93. The summed E-state index contributed by atoms with van der Waals surface area (Å²) in [5, 5.41) is 20.7. The van der Waals surface area contributed by atoms with E-state index >= 15 is 0 Å². The molecule has 0 bridgehead atoms. The SMILES string of the molecule is CN(C)n1c(O)c(C#N)c(-c2ccccc2)cc1=O. The minimum Gasteiger partial charge on any atom is -0.492 e. The van der Waals surface area contributed by atoms with Gasteiger partial charge >= 0.3 is 0 Å². The van der Waals surface area contributed by atoms with E-state index in [0.717, 1.165) is 10.2 Å². The van der Waals surface area contributed by atoms with Gasteiger partial charge in [0.05, 0.1) is 0 Å². The van der Waals surface area contributed by atoms with Crippen molar-refractivity contribution in [1.82, 2.24) is 4.68 Å². The lowest BCUT2D eigenvalue weighted by Crippen LogP contribution is -2.36. The first-order valence-electron chi connectivity index (χ1n) is 5.68. The van der Waals surface area contributed by atoms with Crippen LogP contribution in [0, 0.1) is 11.3 Å². The third-order valence-electron chi connectivity index (χ3n) is 2.77. The van der Waals surface area contributed by atoms with E-state index in [1.807, 2.05) is 24.3 Å². The molecule has 1 N–H and O–H groups in total. The van der Waals surface area contributed by atoms with Gasteiger partial charge < -0.3 is 10.1 Å². The number of nitrogens with zero attached hydrogens (tertiary/aromatic N) is 3. The van der Waals surface area contributed by atoms with Crippen molar-refractivity contribution < 1.29 is 5.11 Å². The Bertz CT molecular complexity index is 697. The Kier molecular flexibility index (Phi) is 3.25. The summed E-state index contributed by atoms with van der Waals surface area (Å²) >= 11 is 0. The van der Waals surface area contributed by atoms with Gasteiger partial charge in [-0.3, -0.25) is 4.79 Å². The van der Waals surface area contributed by atoms with Gasteiger partial charge in [0, 0.05) is 25.7 Å². The number of rotatable bonds is 2. The first-order chi connectivity index (χ1) is 9.06. The van der Waals surface area contributed by atoms with Crippen molar-refractivity contribution in [3.05, 3.63) is 52.3 Å². The van der Waals surface area contributed by atoms with Crippen LogP contribution >= 0.6 is 0 Å². The second-order valence-corrected chi connectivity index (χ2v) is 4.23. The van der Waals surface area contributed by atoms with Crippen LogP contribution in [0.3, 0.4) is 0 Å². The van der Waals surface area contributed by atoms with E-state index in [0.29, 0.717) is 5.56 Å². The molecular formula is C14H13N3O2. The molecule has 5 nitrogen and oxygen atoms in total. The van der Waals surface area contributed by atoms with Crippen molar-refractivity contribution in [3.63, 3.8) is 0 Å². The smallest absolute Gasteiger partial charge is 0.272 e. The molecule has 0 saturated heterocycles. The Morgan fingerprint density at radius 3 is 2.42 bits per heavy atom. The number of hydrogen-bond acceptors (Lipinski definition) is 4. The molecule has 0 saturated carbocycles. The van der Waals surface area contributed by atoms with E-state index in [1.54, 1.807) is 26.2 Å². The second-order valence-electron chi connectivity index (χ2n) is 4.23. The number of aromatic hydroxyl groups is 1. The Morgan fingerprint density at radius 1 is 1.26 bits per heavy atom. The average Bonchev–Trinajstić information content (AvgIpc) is 2.38. The van der Waals surface area contributed by atoms with Crippen LogP contribution in [0.2, 0.25) is 0 Å². The fourth-order valence-corrected chi connectivity index (χ4v) is 1.93. The predicted molar refractivity (Wildman–Crippen MR) is 72.6 cm³/mol. The van der Waals surface area contributed by atoms with Gasteiger partial charge in [0.25, 0.3) is 5.56 Å². The van der Waals surface area contributed by atoms with Crippen LogP contribution in [-0.4, -0.2) is 23.9 Å². The van der Waals surface area contributed by atoms with Gasteiger partial charge in [-0.05, 0) is 5.56 Å². The number of benzene rings is 1. The number of hydrogen-bond donors (Lipinski definition) is 1. The number of aromatic nitrogens is 1. The molecule has 0 aliphatic rings. The zero-order chi connectivity index (χ0) is 14.0. The number of pyridine rings is 1. The van der Waals surface area contributed by atoms with Crippen LogP contribution in [0.1, 0.15) is 5.56 Å². The summed E-state index contributed by atoms with van der Waals surface area (Å²) < 4.78 is 1.05. The van der Waals surface area contributed by atoms with E-state index in [2.05, 4.69) is 0 Å². The predicted octanol–water partition coefficient (Wildman–Crippen LogP) is 1.29. The molecule has 0 radical (unpaired) electrons. The maximum Gasteiger partial charge on any atom is 0.272 e. The first-order valence-corrected chi connectivity index (χ1v) is 5.68. The summed E-state index contributed by atoms with van der Waals surface area (Å²) in [4.78, 5) is 12.0. The molecule has 0 spiro atoms. The van der Waals surface area contributed by atoms with Crippen LogP contribution in [0.25, 0.3) is 11.1 Å². The molecule has 0 unspecified atom stereocenters.